The van der Waals surface area contributed by atoms with Gasteiger partial charge in [-0.1, -0.05) is 0 Å². The summed E-state index contributed by atoms with van der Waals surface area (Å²) in [6.07, 6.45) is 2.96. The molecule has 1 atom stereocenters. The summed E-state index contributed by atoms with van der Waals surface area (Å²) in [6.45, 7) is 3.00. The Bertz CT molecular complexity index is 204. The van der Waals surface area contributed by atoms with E-state index in [0.717, 1.165) is 6.54 Å². The van der Waals surface area contributed by atoms with Crippen LogP contribution < -0.4 is 5.32 Å². The molecule has 1 rings (SSSR count). The van der Waals surface area contributed by atoms with Crippen LogP contribution in [0.1, 0.15) is 26.2 Å². The largest absolute Gasteiger partial charge is 0.480 e. The molecule has 2 N–H and O–H groups in total. The van der Waals surface area contributed by atoms with Crippen LogP contribution in [0.4, 0.5) is 0 Å². The van der Waals surface area contributed by atoms with Crippen LogP contribution in [0.5, 0.6) is 0 Å². The van der Waals surface area contributed by atoms with Gasteiger partial charge in [0.2, 0.25) is 0 Å². The van der Waals surface area contributed by atoms with Crippen LogP contribution in [0.15, 0.2) is 0 Å². The Morgan fingerprint density at radius 3 is 2.71 bits per heavy atom. The molecule has 1 aliphatic rings. The van der Waals surface area contributed by atoms with Crippen molar-refractivity contribution >= 4 is 5.97 Å². The Balaban J connectivity index is 2.37. The van der Waals surface area contributed by atoms with Gasteiger partial charge in [-0.2, -0.15) is 0 Å². The van der Waals surface area contributed by atoms with Gasteiger partial charge in [-0.15, -0.1) is 0 Å². The van der Waals surface area contributed by atoms with Gasteiger partial charge in [0.05, 0.1) is 0 Å². The standard InChI is InChI=1S/C10H19NO3/c1-10(9(12)13,5-6-14-2)11-7-8-3-4-8/h8,11H,3-7H2,1-2H3,(H,12,13). The lowest BCUT2D eigenvalue weighted by molar-refractivity contribution is -0.145. The highest BCUT2D eigenvalue weighted by atomic mass is 16.5. The monoisotopic (exact) mass is 201 g/mol. The van der Waals surface area contributed by atoms with E-state index < -0.39 is 11.5 Å². The molecule has 14 heavy (non-hydrogen) atoms. The van der Waals surface area contributed by atoms with Gasteiger partial charge in [-0.05, 0) is 38.6 Å². The number of nitrogens with one attached hydrogen (secondary N) is 1. The quantitative estimate of drug-likeness (QED) is 0.641. The molecule has 0 aromatic heterocycles. The zero-order valence-corrected chi connectivity index (χ0v) is 8.88. The molecule has 4 nitrogen and oxygen atoms in total. The topological polar surface area (TPSA) is 58.6 Å². The molecular formula is C10H19NO3. The molecule has 0 bridgehead atoms. The number of rotatable bonds is 7. The molecule has 0 radical (unpaired) electrons. The number of hydrogen-bond donors (Lipinski definition) is 2. The van der Waals surface area contributed by atoms with Crippen LogP contribution in [0, 0.1) is 5.92 Å². The number of carboxylic acids is 1. The van der Waals surface area contributed by atoms with E-state index in [4.69, 9.17) is 9.84 Å². The van der Waals surface area contributed by atoms with Gasteiger partial charge in [0.25, 0.3) is 0 Å². The van der Waals surface area contributed by atoms with Crippen molar-refractivity contribution in [2.24, 2.45) is 5.92 Å². The predicted molar refractivity (Wildman–Crippen MR) is 53.3 cm³/mol. The second-order valence-electron chi connectivity index (χ2n) is 4.20. The molecule has 1 unspecified atom stereocenters. The van der Waals surface area contributed by atoms with Crippen molar-refractivity contribution in [3.63, 3.8) is 0 Å². The highest BCUT2D eigenvalue weighted by Gasteiger charge is 2.34. The summed E-state index contributed by atoms with van der Waals surface area (Å²) in [7, 11) is 1.59. The first-order valence-corrected chi connectivity index (χ1v) is 5.06. The zero-order chi connectivity index (χ0) is 10.6. The van der Waals surface area contributed by atoms with E-state index in [1.807, 2.05) is 0 Å². The maximum Gasteiger partial charge on any atom is 0.323 e. The minimum Gasteiger partial charge on any atom is -0.480 e. The third kappa shape index (κ3) is 3.27. The highest BCUT2D eigenvalue weighted by Crippen LogP contribution is 2.28. The number of carbonyl (C=O) groups is 1. The van der Waals surface area contributed by atoms with Crippen LogP contribution >= 0.6 is 0 Å². The molecule has 1 aliphatic carbocycles. The molecule has 0 aromatic carbocycles. The Morgan fingerprint density at radius 1 is 1.64 bits per heavy atom. The summed E-state index contributed by atoms with van der Waals surface area (Å²) < 4.78 is 4.91. The summed E-state index contributed by atoms with van der Waals surface area (Å²) in [5, 5.41) is 12.2. The van der Waals surface area contributed by atoms with Crippen molar-refractivity contribution in [1.29, 1.82) is 0 Å². The molecule has 82 valence electrons. The Hall–Kier alpha value is -0.610. The summed E-state index contributed by atoms with van der Waals surface area (Å²) in [6, 6.07) is 0. The molecule has 0 aliphatic heterocycles. The van der Waals surface area contributed by atoms with E-state index in [9.17, 15) is 4.79 Å². The van der Waals surface area contributed by atoms with Gasteiger partial charge >= 0.3 is 5.97 Å². The molecule has 4 heteroatoms. The Morgan fingerprint density at radius 2 is 2.29 bits per heavy atom. The highest BCUT2D eigenvalue weighted by molar-refractivity contribution is 5.78. The Kier molecular flexibility index (Phi) is 3.89. The second-order valence-corrected chi connectivity index (χ2v) is 4.20. The fourth-order valence-corrected chi connectivity index (χ4v) is 1.27. The first-order chi connectivity index (χ1) is 6.58. The lowest BCUT2D eigenvalue weighted by atomic mass is 9.98. The van der Waals surface area contributed by atoms with E-state index in [2.05, 4.69) is 5.32 Å². The molecular weight excluding hydrogens is 182 g/mol. The average molecular weight is 201 g/mol. The summed E-state index contributed by atoms with van der Waals surface area (Å²) in [4.78, 5) is 11.0. The number of ether oxygens (including phenoxy) is 1. The van der Waals surface area contributed by atoms with Gasteiger partial charge in [-0.3, -0.25) is 4.79 Å². The maximum absolute atomic E-state index is 11.0. The van der Waals surface area contributed by atoms with Crippen LogP contribution in [0.25, 0.3) is 0 Å². The fourth-order valence-electron chi connectivity index (χ4n) is 1.27. The fraction of sp³-hybridized carbons (Fsp3) is 0.900. The molecule has 1 fully saturated rings. The van der Waals surface area contributed by atoms with Gasteiger partial charge in [0.1, 0.15) is 5.54 Å². The van der Waals surface area contributed by atoms with Crippen LogP contribution in [-0.4, -0.2) is 36.9 Å². The molecule has 0 amide bonds. The van der Waals surface area contributed by atoms with Gasteiger partial charge in [-0.25, -0.2) is 0 Å². The third-order valence-corrected chi connectivity index (χ3v) is 2.76. The Labute approximate surface area is 84.6 Å². The first-order valence-electron chi connectivity index (χ1n) is 5.06. The normalized spacial score (nSPS) is 20.4. The minimum absolute atomic E-state index is 0.473. The molecule has 0 saturated heterocycles. The smallest absolute Gasteiger partial charge is 0.323 e. The molecule has 0 aromatic rings. The van der Waals surface area contributed by atoms with E-state index in [1.165, 1.54) is 12.8 Å². The summed E-state index contributed by atoms with van der Waals surface area (Å²) in [5.74, 6) is -0.105. The average Bonchev–Trinajstić information content (AvgIpc) is 2.94. The van der Waals surface area contributed by atoms with Crippen LogP contribution in [0.3, 0.4) is 0 Å². The van der Waals surface area contributed by atoms with E-state index >= 15 is 0 Å². The lowest BCUT2D eigenvalue weighted by Gasteiger charge is -2.26. The lowest BCUT2D eigenvalue weighted by Crippen LogP contribution is -2.50. The van der Waals surface area contributed by atoms with Gasteiger partial charge in [0, 0.05) is 13.7 Å². The number of hydrogen-bond acceptors (Lipinski definition) is 3. The summed E-state index contributed by atoms with van der Waals surface area (Å²) >= 11 is 0. The predicted octanol–water partition coefficient (Wildman–Crippen LogP) is 0.866. The molecule has 0 heterocycles. The SMILES string of the molecule is COCCC(C)(NCC1CC1)C(=O)O. The van der Waals surface area contributed by atoms with Gasteiger partial charge in [0.15, 0.2) is 0 Å². The summed E-state index contributed by atoms with van der Waals surface area (Å²) in [5.41, 5.74) is -0.835. The van der Waals surface area contributed by atoms with Crippen molar-refractivity contribution in [3.8, 4) is 0 Å². The molecule has 0 spiro atoms. The van der Waals surface area contributed by atoms with E-state index in [1.54, 1.807) is 14.0 Å². The van der Waals surface area contributed by atoms with E-state index in [0.29, 0.717) is 18.9 Å². The van der Waals surface area contributed by atoms with Crippen LogP contribution in [0.2, 0.25) is 0 Å². The van der Waals surface area contributed by atoms with Crippen molar-refractivity contribution in [2.45, 2.75) is 31.7 Å². The van der Waals surface area contributed by atoms with Crippen LogP contribution in [-0.2, 0) is 9.53 Å². The van der Waals surface area contributed by atoms with Gasteiger partial charge < -0.3 is 15.2 Å². The third-order valence-electron chi connectivity index (χ3n) is 2.76. The minimum atomic E-state index is -0.835. The number of carboxylic acid groups (broad SMARTS) is 1. The molecule has 1 saturated carbocycles. The van der Waals surface area contributed by atoms with Crippen molar-refractivity contribution in [1.82, 2.24) is 5.32 Å². The number of aliphatic carboxylic acids is 1. The zero-order valence-electron chi connectivity index (χ0n) is 8.88. The first kappa shape index (κ1) is 11.5. The number of methoxy groups -OCH3 is 1. The van der Waals surface area contributed by atoms with Crippen molar-refractivity contribution in [2.75, 3.05) is 20.3 Å². The second kappa shape index (κ2) is 4.75. The van der Waals surface area contributed by atoms with Crippen molar-refractivity contribution in [3.05, 3.63) is 0 Å². The van der Waals surface area contributed by atoms with Crippen molar-refractivity contribution < 1.29 is 14.6 Å². The van der Waals surface area contributed by atoms with E-state index in [-0.39, 0.29) is 0 Å². The maximum atomic E-state index is 11.0.